The molecule has 16 heavy (non-hydrogen) atoms. The van der Waals surface area contributed by atoms with Crippen molar-refractivity contribution in [1.82, 2.24) is 4.90 Å². The van der Waals surface area contributed by atoms with E-state index in [1.54, 1.807) is 11.8 Å². The standard InChI is InChI=1S/C11H18ClNOS2/c1-8(2)9-7-16-11(15)13(9)10(14)5-3-4-6-12/h8-9H,3-7H2,1-2H3/t9-/m1/s1. The number of nitrogens with zero attached hydrogens (tertiary/aromatic N) is 1. The minimum absolute atomic E-state index is 0.166. The molecule has 2 nitrogen and oxygen atoms in total. The summed E-state index contributed by atoms with van der Waals surface area (Å²) in [5.41, 5.74) is 0. The van der Waals surface area contributed by atoms with Crippen LogP contribution in [0.4, 0.5) is 0 Å². The lowest BCUT2D eigenvalue weighted by Gasteiger charge is -2.26. The quantitative estimate of drug-likeness (QED) is 0.438. The fourth-order valence-corrected chi connectivity index (χ4v) is 3.56. The van der Waals surface area contributed by atoms with Crippen LogP contribution in [0, 0.1) is 5.92 Å². The molecule has 92 valence electrons. The third-order valence-corrected chi connectivity index (χ3v) is 4.49. The highest BCUT2D eigenvalue weighted by atomic mass is 35.5. The minimum atomic E-state index is 0.166. The number of thioether (sulfide) groups is 1. The van der Waals surface area contributed by atoms with Crippen molar-refractivity contribution < 1.29 is 4.79 Å². The number of alkyl halides is 1. The molecular formula is C11H18ClNOS2. The van der Waals surface area contributed by atoms with Crippen LogP contribution in [0.1, 0.15) is 33.1 Å². The van der Waals surface area contributed by atoms with Gasteiger partial charge in [-0.3, -0.25) is 9.69 Å². The molecule has 0 aromatic heterocycles. The lowest BCUT2D eigenvalue weighted by Crippen LogP contribution is -2.41. The van der Waals surface area contributed by atoms with E-state index in [2.05, 4.69) is 13.8 Å². The molecule has 1 amide bonds. The zero-order chi connectivity index (χ0) is 12.1. The van der Waals surface area contributed by atoms with Crippen LogP contribution in [0.2, 0.25) is 0 Å². The molecule has 1 heterocycles. The topological polar surface area (TPSA) is 20.3 Å². The maximum Gasteiger partial charge on any atom is 0.228 e. The zero-order valence-electron chi connectivity index (χ0n) is 9.74. The van der Waals surface area contributed by atoms with Gasteiger partial charge in [0.1, 0.15) is 4.32 Å². The minimum Gasteiger partial charge on any atom is -0.294 e. The smallest absolute Gasteiger partial charge is 0.228 e. The molecule has 0 aromatic rings. The number of halogens is 1. The molecule has 5 heteroatoms. The molecule has 1 aliphatic rings. The summed E-state index contributed by atoms with van der Waals surface area (Å²) in [5.74, 6) is 2.20. The molecular weight excluding hydrogens is 262 g/mol. The second-order valence-corrected chi connectivity index (χ2v) is 6.33. The summed E-state index contributed by atoms with van der Waals surface area (Å²) in [7, 11) is 0. The Kier molecular flexibility index (Phi) is 6.08. The second-order valence-electron chi connectivity index (χ2n) is 4.30. The summed E-state index contributed by atoms with van der Waals surface area (Å²) in [6.45, 7) is 4.27. The van der Waals surface area contributed by atoms with Gasteiger partial charge in [0.15, 0.2) is 0 Å². The number of thiocarbonyl (C=S) groups is 1. The summed E-state index contributed by atoms with van der Waals surface area (Å²) in [5, 5.41) is 0. The summed E-state index contributed by atoms with van der Waals surface area (Å²) < 4.78 is 0.745. The second kappa shape index (κ2) is 6.82. The van der Waals surface area contributed by atoms with E-state index in [1.165, 1.54) is 0 Å². The van der Waals surface area contributed by atoms with E-state index in [-0.39, 0.29) is 11.9 Å². The van der Waals surface area contributed by atoms with E-state index in [0.717, 1.165) is 22.9 Å². The van der Waals surface area contributed by atoms with Gasteiger partial charge in [-0.05, 0) is 18.8 Å². The molecule has 0 aromatic carbocycles. The van der Waals surface area contributed by atoms with E-state index in [9.17, 15) is 4.79 Å². The Morgan fingerprint density at radius 2 is 2.31 bits per heavy atom. The molecule has 0 N–H and O–H groups in total. The van der Waals surface area contributed by atoms with Crippen molar-refractivity contribution in [3.05, 3.63) is 0 Å². The Bertz CT molecular complexity index is 271. The Balaban J connectivity index is 2.54. The summed E-state index contributed by atoms with van der Waals surface area (Å²) in [4.78, 5) is 13.8. The molecule has 1 aliphatic heterocycles. The number of hydrogen-bond acceptors (Lipinski definition) is 3. The summed E-state index contributed by atoms with van der Waals surface area (Å²) in [6, 6.07) is 0.279. The van der Waals surface area contributed by atoms with Gasteiger partial charge in [0.05, 0.1) is 0 Å². The van der Waals surface area contributed by atoms with E-state index in [0.29, 0.717) is 18.2 Å². The number of amides is 1. The van der Waals surface area contributed by atoms with Crippen molar-refractivity contribution >= 4 is 45.8 Å². The van der Waals surface area contributed by atoms with Crippen molar-refractivity contribution in [2.45, 2.75) is 39.2 Å². The largest absolute Gasteiger partial charge is 0.294 e. The van der Waals surface area contributed by atoms with Crippen molar-refractivity contribution in [3.8, 4) is 0 Å². The highest BCUT2D eigenvalue weighted by Gasteiger charge is 2.34. The van der Waals surface area contributed by atoms with Crippen molar-refractivity contribution in [2.75, 3.05) is 11.6 Å². The Morgan fingerprint density at radius 1 is 1.62 bits per heavy atom. The van der Waals surface area contributed by atoms with Crippen LogP contribution in [-0.4, -0.2) is 32.8 Å². The number of carbonyl (C=O) groups is 1. The number of rotatable bonds is 5. The van der Waals surface area contributed by atoms with Crippen molar-refractivity contribution in [3.63, 3.8) is 0 Å². The van der Waals surface area contributed by atoms with Gasteiger partial charge in [-0.1, -0.05) is 37.8 Å². The number of carbonyl (C=O) groups excluding carboxylic acids is 1. The number of hydrogen-bond donors (Lipinski definition) is 0. The predicted octanol–water partition coefficient (Wildman–Crippen LogP) is 3.28. The fourth-order valence-electron chi connectivity index (χ4n) is 1.70. The van der Waals surface area contributed by atoms with Crippen LogP contribution in [0.5, 0.6) is 0 Å². The normalized spacial score (nSPS) is 20.9. The van der Waals surface area contributed by atoms with Crippen molar-refractivity contribution in [1.29, 1.82) is 0 Å². The van der Waals surface area contributed by atoms with E-state index in [4.69, 9.17) is 23.8 Å². The average Bonchev–Trinajstić information content (AvgIpc) is 2.60. The average molecular weight is 280 g/mol. The maximum absolute atomic E-state index is 12.0. The third-order valence-electron chi connectivity index (χ3n) is 2.72. The lowest BCUT2D eigenvalue weighted by atomic mass is 10.0. The third kappa shape index (κ3) is 3.60. The molecule has 0 radical (unpaired) electrons. The Morgan fingerprint density at radius 3 is 2.88 bits per heavy atom. The first-order valence-corrected chi connectivity index (χ1v) is 7.55. The molecule has 1 rings (SSSR count). The van der Waals surface area contributed by atoms with Crippen LogP contribution in [0.15, 0.2) is 0 Å². The Labute approximate surface area is 112 Å². The van der Waals surface area contributed by atoms with E-state index in [1.807, 2.05) is 4.90 Å². The molecule has 0 spiro atoms. The van der Waals surface area contributed by atoms with Crippen LogP contribution in [0.25, 0.3) is 0 Å². The van der Waals surface area contributed by atoms with Gasteiger partial charge in [0.25, 0.3) is 0 Å². The van der Waals surface area contributed by atoms with Gasteiger partial charge in [0, 0.05) is 24.1 Å². The van der Waals surface area contributed by atoms with Crippen LogP contribution in [0.3, 0.4) is 0 Å². The fraction of sp³-hybridized carbons (Fsp3) is 0.818. The predicted molar refractivity (Wildman–Crippen MR) is 75.1 cm³/mol. The summed E-state index contributed by atoms with van der Waals surface area (Å²) in [6.07, 6.45) is 2.32. The summed E-state index contributed by atoms with van der Waals surface area (Å²) >= 11 is 12.5. The molecule has 0 unspecified atom stereocenters. The van der Waals surface area contributed by atoms with Gasteiger partial charge >= 0.3 is 0 Å². The van der Waals surface area contributed by atoms with Gasteiger partial charge in [0.2, 0.25) is 5.91 Å². The molecule has 1 atom stereocenters. The highest BCUT2D eigenvalue weighted by molar-refractivity contribution is 8.23. The van der Waals surface area contributed by atoms with Gasteiger partial charge in [-0.15, -0.1) is 11.6 Å². The molecule has 0 saturated carbocycles. The highest BCUT2D eigenvalue weighted by Crippen LogP contribution is 2.29. The first-order valence-electron chi connectivity index (χ1n) is 5.62. The molecule has 1 saturated heterocycles. The van der Waals surface area contributed by atoms with Crippen LogP contribution < -0.4 is 0 Å². The first-order chi connectivity index (χ1) is 7.57. The maximum atomic E-state index is 12.0. The SMILES string of the molecule is CC(C)[C@H]1CSC(=S)N1C(=O)CCCCCl. The zero-order valence-corrected chi connectivity index (χ0v) is 12.1. The van der Waals surface area contributed by atoms with Crippen LogP contribution >= 0.6 is 35.6 Å². The van der Waals surface area contributed by atoms with Gasteiger partial charge in [-0.2, -0.15) is 0 Å². The lowest BCUT2D eigenvalue weighted by molar-refractivity contribution is -0.128. The Hall–Kier alpha value is 0.200. The monoisotopic (exact) mass is 279 g/mol. The van der Waals surface area contributed by atoms with Gasteiger partial charge in [-0.25, -0.2) is 0 Å². The molecule has 0 aliphatic carbocycles. The van der Waals surface area contributed by atoms with E-state index >= 15 is 0 Å². The van der Waals surface area contributed by atoms with E-state index < -0.39 is 0 Å². The first kappa shape index (κ1) is 14.3. The van der Waals surface area contributed by atoms with Gasteiger partial charge < -0.3 is 0 Å². The number of unbranched alkanes of at least 4 members (excludes halogenated alkanes) is 1. The molecule has 1 fully saturated rings. The molecule has 0 bridgehead atoms. The van der Waals surface area contributed by atoms with Crippen molar-refractivity contribution in [2.24, 2.45) is 5.92 Å². The van der Waals surface area contributed by atoms with Crippen LogP contribution in [-0.2, 0) is 4.79 Å².